The van der Waals surface area contributed by atoms with Crippen LogP contribution in [0.3, 0.4) is 0 Å². The molecule has 0 aliphatic carbocycles. The average Bonchev–Trinajstić information content (AvgIpc) is 3.07. The normalized spacial score (nSPS) is 40.3. The summed E-state index contributed by atoms with van der Waals surface area (Å²) in [5, 5.41) is 25.7. The Morgan fingerprint density at radius 2 is 2.07 bits per heavy atom. The molecule has 2 saturated heterocycles. The van der Waals surface area contributed by atoms with Gasteiger partial charge in [0.05, 0.1) is 19.6 Å². The van der Waals surface area contributed by atoms with Gasteiger partial charge in [0.15, 0.2) is 12.3 Å². The van der Waals surface area contributed by atoms with Gasteiger partial charge in [0, 0.05) is 0 Å². The van der Waals surface area contributed by atoms with Crippen molar-refractivity contribution in [1.82, 2.24) is 15.5 Å². The highest BCUT2D eigenvalue weighted by Crippen LogP contribution is 2.55. The number of phosphoric acid groups is 2. The predicted octanol–water partition coefficient (Wildman–Crippen LogP) is -4.26. The number of carbonyl (C=O) groups is 1. The minimum Gasteiger partial charge on any atom is -0.756 e. The Morgan fingerprint density at radius 3 is 2.74 bits per heavy atom. The van der Waals surface area contributed by atoms with E-state index < -0.39 is 59.0 Å². The van der Waals surface area contributed by atoms with Crippen molar-refractivity contribution >= 4 is 27.9 Å². The summed E-state index contributed by atoms with van der Waals surface area (Å²) < 4.78 is 35.2. The number of rotatable bonds is 6. The number of aliphatic imine (C=N–C) groups is 1. The highest BCUT2D eigenvalue weighted by molar-refractivity contribution is 7.60. The van der Waals surface area contributed by atoms with Crippen LogP contribution in [-0.2, 0) is 27.5 Å². The van der Waals surface area contributed by atoms with E-state index in [1.807, 2.05) is 0 Å². The molecule has 1 amide bonds. The van der Waals surface area contributed by atoms with Crippen molar-refractivity contribution in [3.63, 3.8) is 0 Å². The Kier molecular flexibility index (Phi) is 5.74. The molecule has 0 saturated carbocycles. The number of amides is 1. The number of aliphatic hydroxyl groups is 2. The van der Waals surface area contributed by atoms with E-state index in [1.165, 1.54) is 11.2 Å². The number of hydrogen-bond donors (Lipinski definition) is 6. The Labute approximate surface area is 151 Å². The van der Waals surface area contributed by atoms with Crippen molar-refractivity contribution in [3.05, 3.63) is 0 Å². The molecular weight excluding hydrogens is 414 g/mol. The number of nitrogens with one attached hydrogen (secondary N) is 2. The second-order valence-corrected chi connectivity index (χ2v) is 8.67. The number of ether oxygens (including phenoxy) is 1. The quantitative estimate of drug-likeness (QED) is 0.220. The standard InChI is InChI=1S/C10H18N4O11P2/c15-6-4(1-23-27(21,22)25-26(18,19)20)24-10(7(6)16)14-3-13-5-8(14)11-2-12-9(5)17/h3-8,10-11,15-16H,1-2H2,(H,12,17)(H,21,22)(H2,18,19,20)/p-1/t4-,5?,6-,7-,8?,10-/m1/s1. The summed E-state index contributed by atoms with van der Waals surface area (Å²) in [7, 11) is -10.7. The summed E-state index contributed by atoms with van der Waals surface area (Å²) >= 11 is 0. The van der Waals surface area contributed by atoms with Gasteiger partial charge in [0.1, 0.15) is 24.5 Å². The van der Waals surface area contributed by atoms with E-state index in [1.54, 1.807) is 0 Å². The molecule has 6 N–H and O–H groups in total. The first-order valence-corrected chi connectivity index (χ1v) is 10.5. The zero-order chi connectivity index (χ0) is 20.0. The van der Waals surface area contributed by atoms with E-state index in [0.29, 0.717) is 0 Å². The lowest BCUT2D eigenvalue weighted by atomic mass is 10.1. The van der Waals surface area contributed by atoms with E-state index in [4.69, 9.17) is 9.63 Å². The van der Waals surface area contributed by atoms with Crippen LogP contribution in [0, 0.1) is 0 Å². The Hall–Kier alpha value is -0.960. The number of carbonyl (C=O) groups excluding carboxylic acids is 1. The van der Waals surface area contributed by atoms with Crippen LogP contribution >= 0.6 is 15.6 Å². The summed E-state index contributed by atoms with van der Waals surface area (Å²) in [5.74, 6) is -0.338. The molecule has 0 bridgehead atoms. The van der Waals surface area contributed by atoms with Gasteiger partial charge in [-0.05, 0) is 0 Å². The summed E-state index contributed by atoms with van der Waals surface area (Å²) in [6.07, 6.45) is -4.97. The van der Waals surface area contributed by atoms with Crippen molar-refractivity contribution in [2.24, 2.45) is 4.99 Å². The minimum absolute atomic E-state index is 0.152. The van der Waals surface area contributed by atoms with Gasteiger partial charge < -0.3 is 39.8 Å². The van der Waals surface area contributed by atoms with E-state index in [0.717, 1.165) is 0 Å². The number of phosphoric ester groups is 1. The smallest absolute Gasteiger partial charge is 0.478 e. The van der Waals surface area contributed by atoms with Crippen LogP contribution in [0.4, 0.5) is 0 Å². The number of hydrogen-bond acceptors (Lipinski definition) is 12. The molecule has 0 aromatic rings. The molecule has 8 atom stereocenters. The summed E-state index contributed by atoms with van der Waals surface area (Å²) in [4.78, 5) is 45.3. The van der Waals surface area contributed by atoms with Crippen LogP contribution in [0.25, 0.3) is 0 Å². The minimum atomic E-state index is -5.54. The van der Waals surface area contributed by atoms with Gasteiger partial charge in [0.25, 0.3) is 7.82 Å². The van der Waals surface area contributed by atoms with Crippen molar-refractivity contribution in [2.45, 2.75) is 36.7 Å². The first kappa shape index (κ1) is 20.8. The molecule has 3 aliphatic rings. The Balaban J connectivity index is 1.63. The first-order valence-electron chi connectivity index (χ1n) is 7.54. The monoisotopic (exact) mass is 431 g/mol. The van der Waals surface area contributed by atoms with Crippen molar-refractivity contribution < 1.29 is 52.4 Å². The van der Waals surface area contributed by atoms with E-state index in [2.05, 4.69) is 24.5 Å². The molecule has 27 heavy (non-hydrogen) atoms. The van der Waals surface area contributed by atoms with Gasteiger partial charge in [-0.1, -0.05) is 0 Å². The van der Waals surface area contributed by atoms with Gasteiger partial charge in [-0.2, -0.15) is 0 Å². The van der Waals surface area contributed by atoms with Gasteiger partial charge in [-0.25, -0.2) is 8.88 Å². The van der Waals surface area contributed by atoms with Crippen molar-refractivity contribution in [3.8, 4) is 0 Å². The average molecular weight is 431 g/mol. The fraction of sp³-hybridized carbons (Fsp3) is 0.800. The highest BCUT2D eigenvalue weighted by Gasteiger charge is 2.51. The maximum absolute atomic E-state index is 11.8. The molecule has 17 heteroatoms. The van der Waals surface area contributed by atoms with Crippen molar-refractivity contribution in [2.75, 3.05) is 13.3 Å². The third kappa shape index (κ3) is 4.55. The molecular formula is C10H17N4O11P2-. The van der Waals surface area contributed by atoms with Gasteiger partial charge in [0.2, 0.25) is 5.91 Å². The third-order valence-corrected chi connectivity index (χ3v) is 6.19. The number of fused-ring (bicyclic) bond motifs is 1. The van der Waals surface area contributed by atoms with Gasteiger partial charge in [-0.3, -0.25) is 24.2 Å². The second-order valence-electron chi connectivity index (χ2n) is 5.88. The lowest BCUT2D eigenvalue weighted by molar-refractivity contribution is -0.212. The first-order chi connectivity index (χ1) is 12.5. The zero-order valence-corrected chi connectivity index (χ0v) is 15.2. The topological polar surface area (TPSA) is 223 Å². The molecule has 0 radical (unpaired) electrons. The molecule has 0 aromatic carbocycles. The summed E-state index contributed by atoms with van der Waals surface area (Å²) in [6.45, 7) is -0.686. The molecule has 0 spiro atoms. The third-order valence-electron chi connectivity index (χ3n) is 4.06. The van der Waals surface area contributed by atoms with E-state index >= 15 is 0 Å². The molecule has 15 nitrogen and oxygen atoms in total. The Bertz CT molecular complexity index is 715. The SMILES string of the molecule is O=C1NCNC2C1N=CN2[C@@H]1O[C@H](COP(=O)(O)OP(=O)([O-])O)[C@@H](O)[C@H]1O. The molecule has 3 aliphatic heterocycles. The lowest BCUT2D eigenvalue weighted by Gasteiger charge is -2.36. The fourth-order valence-electron chi connectivity index (χ4n) is 2.90. The summed E-state index contributed by atoms with van der Waals surface area (Å²) in [6, 6.07) is -0.788. The van der Waals surface area contributed by atoms with E-state index in [-0.39, 0.29) is 12.6 Å². The van der Waals surface area contributed by atoms with Gasteiger partial charge in [-0.15, -0.1) is 0 Å². The second kappa shape index (κ2) is 7.46. The van der Waals surface area contributed by atoms with E-state index in [9.17, 15) is 33.9 Å². The van der Waals surface area contributed by atoms with Crippen LogP contribution in [-0.4, -0.2) is 87.2 Å². The maximum atomic E-state index is 11.8. The molecule has 0 aromatic heterocycles. The molecule has 3 rings (SSSR count). The molecule has 154 valence electrons. The molecule has 4 unspecified atom stereocenters. The summed E-state index contributed by atoms with van der Waals surface area (Å²) in [5.41, 5.74) is 0. The predicted molar refractivity (Wildman–Crippen MR) is 81.4 cm³/mol. The largest absolute Gasteiger partial charge is 0.756 e. The highest BCUT2D eigenvalue weighted by atomic mass is 31.3. The Morgan fingerprint density at radius 1 is 1.37 bits per heavy atom. The van der Waals surface area contributed by atoms with Crippen LogP contribution in [0.1, 0.15) is 0 Å². The molecule has 3 heterocycles. The van der Waals surface area contributed by atoms with Crippen LogP contribution in [0.2, 0.25) is 0 Å². The number of nitrogens with zero attached hydrogens (tertiary/aromatic N) is 2. The van der Waals surface area contributed by atoms with Crippen LogP contribution < -0.4 is 15.5 Å². The van der Waals surface area contributed by atoms with Crippen LogP contribution in [0.15, 0.2) is 4.99 Å². The van der Waals surface area contributed by atoms with Gasteiger partial charge >= 0.3 is 7.82 Å². The zero-order valence-electron chi connectivity index (χ0n) is 13.4. The fourth-order valence-corrected chi connectivity index (χ4v) is 4.47. The maximum Gasteiger partial charge on any atom is 0.478 e. The lowest BCUT2D eigenvalue weighted by Crippen LogP contribution is -2.63. The molecule has 2 fully saturated rings. The number of aliphatic hydroxyl groups excluding tert-OH is 2. The van der Waals surface area contributed by atoms with Crippen molar-refractivity contribution in [1.29, 1.82) is 0 Å². The van der Waals surface area contributed by atoms with Crippen LogP contribution in [0.5, 0.6) is 0 Å².